The molecule has 3 heterocycles. The van der Waals surface area contributed by atoms with Crippen LogP contribution in [0.3, 0.4) is 0 Å². The van der Waals surface area contributed by atoms with Gasteiger partial charge in [0.2, 0.25) is 11.7 Å². The molecule has 4 rings (SSSR count). The van der Waals surface area contributed by atoms with Crippen molar-refractivity contribution in [1.82, 2.24) is 19.9 Å². The normalized spacial score (nSPS) is 21.6. The van der Waals surface area contributed by atoms with Gasteiger partial charge in [0.1, 0.15) is 6.10 Å². The molecule has 1 amide bonds. The molecule has 1 atom stereocenters. The van der Waals surface area contributed by atoms with E-state index >= 15 is 0 Å². The van der Waals surface area contributed by atoms with Gasteiger partial charge >= 0.3 is 0 Å². The summed E-state index contributed by atoms with van der Waals surface area (Å²) >= 11 is 0. The standard InChI is InChI=1S/C18H22N4O3/c23-18(15-7-4-12-24-15)22-10-8-21(9-11-22)13-16-19-17(20-25-16)14-5-2-1-3-6-14/h1-3,5-6,15H,4,7-13H2. The first kappa shape index (κ1) is 16.2. The monoisotopic (exact) mass is 342 g/mol. The maximum atomic E-state index is 12.4. The van der Waals surface area contributed by atoms with Gasteiger partial charge in [-0.2, -0.15) is 4.98 Å². The van der Waals surface area contributed by atoms with E-state index in [9.17, 15) is 4.79 Å². The summed E-state index contributed by atoms with van der Waals surface area (Å²) in [5.41, 5.74) is 0.949. The number of carbonyl (C=O) groups is 1. The zero-order valence-corrected chi connectivity index (χ0v) is 14.1. The third-order valence-corrected chi connectivity index (χ3v) is 4.75. The van der Waals surface area contributed by atoms with E-state index < -0.39 is 0 Å². The number of ether oxygens (including phenoxy) is 1. The van der Waals surface area contributed by atoms with Crippen molar-refractivity contribution >= 4 is 5.91 Å². The van der Waals surface area contributed by atoms with Crippen LogP contribution in [0.25, 0.3) is 11.4 Å². The van der Waals surface area contributed by atoms with Crippen LogP contribution in [0.2, 0.25) is 0 Å². The second-order valence-electron chi connectivity index (χ2n) is 6.48. The largest absolute Gasteiger partial charge is 0.368 e. The van der Waals surface area contributed by atoms with Gasteiger partial charge in [-0.1, -0.05) is 35.5 Å². The van der Waals surface area contributed by atoms with Crippen LogP contribution in [-0.4, -0.2) is 64.7 Å². The Balaban J connectivity index is 1.30. The van der Waals surface area contributed by atoms with Gasteiger partial charge in [-0.25, -0.2) is 0 Å². The highest BCUT2D eigenvalue weighted by molar-refractivity contribution is 5.81. The van der Waals surface area contributed by atoms with E-state index in [1.54, 1.807) is 0 Å². The Morgan fingerprint density at radius 2 is 1.96 bits per heavy atom. The smallest absolute Gasteiger partial charge is 0.251 e. The van der Waals surface area contributed by atoms with Crippen molar-refractivity contribution in [3.8, 4) is 11.4 Å². The molecule has 132 valence electrons. The maximum absolute atomic E-state index is 12.4. The summed E-state index contributed by atoms with van der Waals surface area (Å²) < 4.78 is 10.9. The summed E-state index contributed by atoms with van der Waals surface area (Å²) in [6, 6.07) is 9.79. The van der Waals surface area contributed by atoms with Crippen molar-refractivity contribution in [2.24, 2.45) is 0 Å². The van der Waals surface area contributed by atoms with Crippen LogP contribution in [0.5, 0.6) is 0 Å². The minimum Gasteiger partial charge on any atom is -0.368 e. The molecule has 0 N–H and O–H groups in total. The van der Waals surface area contributed by atoms with Crippen LogP contribution in [-0.2, 0) is 16.1 Å². The average molecular weight is 342 g/mol. The first-order valence-corrected chi connectivity index (χ1v) is 8.80. The zero-order valence-electron chi connectivity index (χ0n) is 14.1. The summed E-state index contributed by atoms with van der Waals surface area (Å²) in [5.74, 6) is 1.36. The van der Waals surface area contributed by atoms with E-state index in [2.05, 4.69) is 15.0 Å². The molecule has 2 saturated heterocycles. The van der Waals surface area contributed by atoms with Crippen molar-refractivity contribution in [2.75, 3.05) is 32.8 Å². The Bertz CT molecular complexity index is 704. The SMILES string of the molecule is O=C(C1CCCO1)N1CCN(Cc2nc(-c3ccccc3)no2)CC1. The minimum absolute atomic E-state index is 0.140. The van der Waals surface area contributed by atoms with E-state index in [0.717, 1.165) is 44.6 Å². The van der Waals surface area contributed by atoms with Gasteiger partial charge in [0, 0.05) is 38.3 Å². The number of hydrogen-bond donors (Lipinski definition) is 0. The molecule has 1 unspecified atom stereocenters. The number of carbonyl (C=O) groups excluding carboxylic acids is 1. The first-order chi connectivity index (χ1) is 12.3. The third-order valence-electron chi connectivity index (χ3n) is 4.75. The van der Waals surface area contributed by atoms with Crippen molar-refractivity contribution in [3.63, 3.8) is 0 Å². The number of nitrogens with zero attached hydrogens (tertiary/aromatic N) is 4. The number of hydrogen-bond acceptors (Lipinski definition) is 6. The highest BCUT2D eigenvalue weighted by Gasteiger charge is 2.30. The lowest BCUT2D eigenvalue weighted by molar-refractivity contribution is -0.142. The van der Waals surface area contributed by atoms with Crippen LogP contribution >= 0.6 is 0 Å². The van der Waals surface area contributed by atoms with E-state index in [1.807, 2.05) is 35.2 Å². The fraction of sp³-hybridized carbons (Fsp3) is 0.500. The van der Waals surface area contributed by atoms with Crippen LogP contribution in [0.15, 0.2) is 34.9 Å². The molecule has 7 nitrogen and oxygen atoms in total. The van der Waals surface area contributed by atoms with Crippen LogP contribution in [0.1, 0.15) is 18.7 Å². The van der Waals surface area contributed by atoms with Crippen molar-refractivity contribution in [2.45, 2.75) is 25.5 Å². The summed E-state index contributed by atoms with van der Waals surface area (Å²) in [6.45, 7) is 4.37. The lowest BCUT2D eigenvalue weighted by atomic mass is 10.2. The van der Waals surface area contributed by atoms with Crippen molar-refractivity contribution in [3.05, 3.63) is 36.2 Å². The maximum Gasteiger partial charge on any atom is 0.251 e. The second kappa shape index (κ2) is 7.33. The fourth-order valence-corrected chi connectivity index (χ4v) is 3.32. The van der Waals surface area contributed by atoms with Gasteiger partial charge in [-0.3, -0.25) is 9.69 Å². The molecule has 25 heavy (non-hydrogen) atoms. The predicted octanol–water partition coefficient (Wildman–Crippen LogP) is 1.56. The molecule has 0 bridgehead atoms. The minimum atomic E-state index is -0.226. The Hall–Kier alpha value is -2.25. The summed E-state index contributed by atoms with van der Waals surface area (Å²) in [4.78, 5) is 21.0. The Labute approximate surface area is 146 Å². The van der Waals surface area contributed by atoms with Crippen LogP contribution < -0.4 is 0 Å². The van der Waals surface area contributed by atoms with Crippen molar-refractivity contribution in [1.29, 1.82) is 0 Å². The molecule has 1 aromatic carbocycles. The molecule has 1 aromatic heterocycles. The molecule has 0 radical (unpaired) electrons. The fourth-order valence-electron chi connectivity index (χ4n) is 3.32. The van der Waals surface area contributed by atoms with Crippen LogP contribution in [0.4, 0.5) is 0 Å². The highest BCUT2D eigenvalue weighted by atomic mass is 16.5. The van der Waals surface area contributed by atoms with Crippen LogP contribution in [0, 0.1) is 0 Å². The number of piperazine rings is 1. The number of benzene rings is 1. The van der Waals surface area contributed by atoms with Gasteiger partial charge < -0.3 is 14.2 Å². The number of rotatable bonds is 4. The molecule has 0 aliphatic carbocycles. The first-order valence-electron chi connectivity index (χ1n) is 8.80. The second-order valence-corrected chi connectivity index (χ2v) is 6.48. The summed E-state index contributed by atoms with van der Waals surface area (Å²) in [5, 5.41) is 4.05. The zero-order chi connectivity index (χ0) is 17.1. The highest BCUT2D eigenvalue weighted by Crippen LogP contribution is 2.18. The molecule has 0 saturated carbocycles. The van der Waals surface area contributed by atoms with Gasteiger partial charge in [0.15, 0.2) is 0 Å². The van der Waals surface area contributed by atoms with E-state index in [4.69, 9.17) is 9.26 Å². The molecule has 0 spiro atoms. The van der Waals surface area contributed by atoms with Gasteiger partial charge in [0.25, 0.3) is 5.91 Å². The van der Waals surface area contributed by atoms with Crippen molar-refractivity contribution < 1.29 is 14.1 Å². The van der Waals surface area contributed by atoms with E-state index in [1.165, 1.54) is 0 Å². The summed E-state index contributed by atoms with van der Waals surface area (Å²) in [6.07, 6.45) is 1.61. The number of amides is 1. The molecule has 2 aliphatic heterocycles. The molecular formula is C18H22N4O3. The van der Waals surface area contributed by atoms with Gasteiger partial charge in [-0.15, -0.1) is 0 Å². The average Bonchev–Trinajstić information content (AvgIpc) is 3.35. The van der Waals surface area contributed by atoms with Gasteiger partial charge in [-0.05, 0) is 12.8 Å². The van der Waals surface area contributed by atoms with Gasteiger partial charge in [0.05, 0.1) is 6.54 Å². The molecule has 2 aromatic rings. The van der Waals surface area contributed by atoms with E-state index in [-0.39, 0.29) is 12.0 Å². The molecular weight excluding hydrogens is 320 g/mol. The lowest BCUT2D eigenvalue weighted by Crippen LogP contribution is -2.51. The summed E-state index contributed by atoms with van der Waals surface area (Å²) in [7, 11) is 0. The molecule has 2 aliphatic rings. The predicted molar refractivity (Wildman–Crippen MR) is 90.6 cm³/mol. The topological polar surface area (TPSA) is 71.7 Å². The quantitative estimate of drug-likeness (QED) is 0.840. The Morgan fingerprint density at radius 1 is 1.16 bits per heavy atom. The lowest BCUT2D eigenvalue weighted by Gasteiger charge is -2.35. The number of aromatic nitrogens is 2. The third kappa shape index (κ3) is 3.72. The molecule has 2 fully saturated rings. The Kier molecular flexibility index (Phi) is 4.76. The Morgan fingerprint density at radius 3 is 2.68 bits per heavy atom. The molecule has 7 heteroatoms. The van der Waals surface area contributed by atoms with E-state index in [0.29, 0.717) is 24.9 Å².